The lowest BCUT2D eigenvalue weighted by molar-refractivity contribution is 0.0992. The van der Waals surface area contributed by atoms with E-state index in [0.717, 1.165) is 31.1 Å². The van der Waals surface area contributed by atoms with Crippen molar-refractivity contribution in [2.75, 3.05) is 44.4 Å². The summed E-state index contributed by atoms with van der Waals surface area (Å²) >= 11 is 1.47. The van der Waals surface area contributed by atoms with Crippen LogP contribution in [0.15, 0.2) is 0 Å². The predicted molar refractivity (Wildman–Crippen MR) is 88.8 cm³/mol. The van der Waals surface area contributed by atoms with Crippen molar-refractivity contribution in [3.8, 4) is 5.75 Å². The second-order valence-electron chi connectivity index (χ2n) is 5.62. The summed E-state index contributed by atoms with van der Waals surface area (Å²) in [5, 5.41) is 0.995. The molecule has 1 atom stereocenters. The number of carbonyl (C=O) groups excluding carboxylic acids is 1. The van der Waals surface area contributed by atoms with Crippen molar-refractivity contribution >= 4 is 27.8 Å². The number of nitrogens with two attached hydrogens (primary N) is 1. The number of methoxy groups -OCH3 is 1. The molecule has 1 saturated heterocycles. The topological polar surface area (TPSA) is 58.8 Å². The maximum Gasteiger partial charge on any atom is 0.177 e. The average Bonchev–Trinajstić information content (AvgIpc) is 2.68. The largest absolute Gasteiger partial charge is 0.492 e. The van der Waals surface area contributed by atoms with Crippen LogP contribution in [0.4, 0.5) is 10.7 Å². The molecule has 0 radical (unpaired) electrons. The monoisotopic (exact) mass is 311 g/mol. The Morgan fingerprint density at radius 2 is 2.19 bits per heavy atom. The van der Waals surface area contributed by atoms with Gasteiger partial charge < -0.3 is 20.3 Å². The highest BCUT2D eigenvalue weighted by molar-refractivity contribution is 7.19. The lowest BCUT2D eigenvalue weighted by atomic mass is 10.2. The van der Waals surface area contributed by atoms with E-state index in [-0.39, 0.29) is 5.78 Å². The van der Waals surface area contributed by atoms with Crippen LogP contribution in [-0.4, -0.2) is 50.5 Å². The Bertz CT molecular complexity index is 515. The zero-order chi connectivity index (χ0) is 15.6. The minimum atomic E-state index is 0.0849. The molecule has 0 amide bonds. The number of carbonyl (C=O) groups is 1. The van der Waals surface area contributed by atoms with E-state index in [0.29, 0.717) is 28.8 Å². The number of ether oxygens (including phenoxy) is 1. The molecule has 5 nitrogen and oxygen atoms in total. The molecule has 118 valence electrons. The van der Waals surface area contributed by atoms with Crippen LogP contribution in [0.1, 0.15) is 36.4 Å². The molecule has 1 unspecified atom stereocenters. The Hall–Kier alpha value is -1.27. The number of likely N-dealkylation sites (N-methyl/N-ethyl adjacent to an activating group) is 1. The Balaban J connectivity index is 2.40. The van der Waals surface area contributed by atoms with Crippen LogP contribution in [0.5, 0.6) is 5.75 Å². The van der Waals surface area contributed by atoms with Crippen molar-refractivity contribution in [2.24, 2.45) is 0 Å². The van der Waals surface area contributed by atoms with Crippen molar-refractivity contribution in [1.82, 2.24) is 4.90 Å². The third-order valence-corrected chi connectivity index (χ3v) is 5.23. The highest BCUT2D eigenvalue weighted by Gasteiger charge is 2.28. The SMILES string of the molecule is CCC(=O)c1sc(N2CCCN(C)CC2C)c(OC)c1N. The van der Waals surface area contributed by atoms with Crippen molar-refractivity contribution in [2.45, 2.75) is 32.7 Å². The van der Waals surface area contributed by atoms with Crippen LogP contribution >= 0.6 is 11.3 Å². The highest BCUT2D eigenvalue weighted by Crippen LogP contribution is 2.46. The minimum Gasteiger partial charge on any atom is -0.492 e. The van der Waals surface area contributed by atoms with Gasteiger partial charge in [0.05, 0.1) is 17.7 Å². The van der Waals surface area contributed by atoms with Gasteiger partial charge in [0, 0.05) is 25.6 Å². The van der Waals surface area contributed by atoms with Crippen LogP contribution in [0.25, 0.3) is 0 Å². The summed E-state index contributed by atoms with van der Waals surface area (Å²) in [6.45, 7) is 7.11. The molecule has 0 aliphatic carbocycles. The van der Waals surface area contributed by atoms with Crippen molar-refractivity contribution < 1.29 is 9.53 Å². The molecule has 0 aromatic carbocycles. The van der Waals surface area contributed by atoms with E-state index in [9.17, 15) is 4.79 Å². The second kappa shape index (κ2) is 6.66. The number of hydrogen-bond donors (Lipinski definition) is 1. The summed E-state index contributed by atoms with van der Waals surface area (Å²) < 4.78 is 5.50. The highest BCUT2D eigenvalue weighted by atomic mass is 32.1. The first-order valence-corrected chi connectivity index (χ1v) is 8.25. The van der Waals surface area contributed by atoms with Crippen LogP contribution in [-0.2, 0) is 0 Å². The molecule has 0 spiro atoms. The summed E-state index contributed by atoms with van der Waals surface area (Å²) in [5.74, 6) is 0.745. The van der Waals surface area contributed by atoms with Gasteiger partial charge in [-0.2, -0.15) is 0 Å². The second-order valence-corrected chi connectivity index (χ2v) is 6.62. The van der Waals surface area contributed by atoms with E-state index in [4.69, 9.17) is 10.5 Å². The standard InChI is InChI=1S/C15H25N3O2S/c1-5-11(19)14-12(16)13(20-4)15(21-14)18-8-6-7-17(3)9-10(18)2/h10H,5-9,16H2,1-4H3. The molecule has 1 aromatic heterocycles. The van der Waals surface area contributed by atoms with Gasteiger partial charge in [-0.1, -0.05) is 6.92 Å². The molecule has 1 aliphatic heterocycles. The summed E-state index contributed by atoms with van der Waals surface area (Å²) in [4.78, 5) is 17.4. The lowest BCUT2D eigenvalue weighted by Gasteiger charge is -2.29. The number of hydrogen-bond acceptors (Lipinski definition) is 6. The Morgan fingerprint density at radius 1 is 1.48 bits per heavy atom. The van der Waals surface area contributed by atoms with Crippen LogP contribution in [0.2, 0.25) is 0 Å². The molecule has 6 heteroatoms. The lowest BCUT2D eigenvalue weighted by Crippen LogP contribution is -2.37. The van der Waals surface area contributed by atoms with Gasteiger partial charge in [0.2, 0.25) is 0 Å². The first kappa shape index (κ1) is 16.1. The fraction of sp³-hybridized carbons (Fsp3) is 0.667. The first-order valence-electron chi connectivity index (χ1n) is 7.44. The molecular weight excluding hydrogens is 286 g/mol. The minimum absolute atomic E-state index is 0.0849. The molecule has 0 bridgehead atoms. The van der Waals surface area contributed by atoms with Crippen LogP contribution in [0.3, 0.4) is 0 Å². The molecule has 1 fully saturated rings. The molecule has 2 N–H and O–H groups in total. The Kier molecular flexibility index (Phi) is 5.11. The normalized spacial score (nSPS) is 20.4. The summed E-state index contributed by atoms with van der Waals surface area (Å²) in [6.07, 6.45) is 1.56. The molecule has 2 heterocycles. The van der Waals surface area contributed by atoms with Gasteiger partial charge in [0.25, 0.3) is 0 Å². The quantitative estimate of drug-likeness (QED) is 0.866. The number of nitrogen functional groups attached to an aromatic ring is 1. The van der Waals surface area contributed by atoms with Gasteiger partial charge in [-0.3, -0.25) is 4.79 Å². The van der Waals surface area contributed by atoms with Gasteiger partial charge in [0.1, 0.15) is 5.00 Å². The van der Waals surface area contributed by atoms with E-state index in [2.05, 4.69) is 23.8 Å². The number of nitrogens with zero attached hydrogens (tertiary/aromatic N) is 2. The zero-order valence-electron chi connectivity index (χ0n) is 13.3. The van der Waals surface area contributed by atoms with E-state index < -0.39 is 0 Å². The molecule has 0 saturated carbocycles. The van der Waals surface area contributed by atoms with E-state index in [1.54, 1.807) is 7.11 Å². The fourth-order valence-electron chi connectivity index (χ4n) is 2.84. The van der Waals surface area contributed by atoms with Crippen LogP contribution in [0, 0.1) is 0 Å². The number of Topliss-reactive ketones (excluding diaryl/α,β-unsaturated/α-hetero) is 1. The third-order valence-electron chi connectivity index (χ3n) is 3.97. The first-order chi connectivity index (χ1) is 9.99. The van der Waals surface area contributed by atoms with Gasteiger partial charge >= 0.3 is 0 Å². The predicted octanol–water partition coefficient (Wildman–Crippen LogP) is 2.46. The number of thiophene rings is 1. The van der Waals surface area contributed by atoms with E-state index in [1.165, 1.54) is 11.3 Å². The fourth-order valence-corrected chi connectivity index (χ4v) is 4.17. The maximum absolute atomic E-state index is 12.0. The summed E-state index contributed by atoms with van der Waals surface area (Å²) in [7, 11) is 3.77. The molecule has 21 heavy (non-hydrogen) atoms. The van der Waals surface area contributed by atoms with Crippen molar-refractivity contribution in [3.63, 3.8) is 0 Å². The van der Waals surface area contributed by atoms with E-state index in [1.807, 2.05) is 6.92 Å². The Labute approximate surface area is 130 Å². The smallest absolute Gasteiger partial charge is 0.177 e. The summed E-state index contributed by atoms with van der Waals surface area (Å²) in [5.41, 5.74) is 6.63. The Morgan fingerprint density at radius 3 is 2.81 bits per heavy atom. The van der Waals surface area contributed by atoms with Crippen LogP contribution < -0.4 is 15.4 Å². The van der Waals surface area contributed by atoms with E-state index >= 15 is 0 Å². The molecule has 1 aliphatic rings. The molecule has 2 rings (SSSR count). The molecule has 1 aromatic rings. The number of rotatable bonds is 4. The number of ketones is 1. The molecular formula is C15H25N3O2S. The third kappa shape index (κ3) is 3.16. The van der Waals surface area contributed by atoms with Gasteiger partial charge in [-0.25, -0.2) is 0 Å². The van der Waals surface area contributed by atoms with Crippen molar-refractivity contribution in [1.29, 1.82) is 0 Å². The van der Waals surface area contributed by atoms with Crippen molar-refractivity contribution in [3.05, 3.63) is 4.88 Å². The average molecular weight is 311 g/mol. The van der Waals surface area contributed by atoms with Gasteiger partial charge in [-0.05, 0) is 26.9 Å². The number of anilines is 2. The van der Waals surface area contributed by atoms with Gasteiger partial charge in [-0.15, -0.1) is 11.3 Å². The summed E-state index contributed by atoms with van der Waals surface area (Å²) in [6, 6.07) is 0.369. The van der Waals surface area contributed by atoms with Gasteiger partial charge in [0.15, 0.2) is 11.5 Å². The maximum atomic E-state index is 12.0. The zero-order valence-corrected chi connectivity index (χ0v) is 14.1.